The normalized spacial score (nSPS) is 23.1. The van der Waals surface area contributed by atoms with E-state index in [2.05, 4.69) is 57.2 Å². The molecule has 4 fully saturated rings. The van der Waals surface area contributed by atoms with Crippen molar-refractivity contribution in [3.8, 4) is 39.5 Å². The molecular formula is C56H66FN9O8S. The van der Waals surface area contributed by atoms with Gasteiger partial charge < -0.3 is 49.3 Å². The number of methoxy groups -OCH3 is 2. The van der Waals surface area contributed by atoms with Crippen LogP contribution in [-0.2, 0) is 23.8 Å². The zero-order valence-electron chi connectivity index (χ0n) is 43.3. The average molecular weight is 1040 g/mol. The van der Waals surface area contributed by atoms with Crippen molar-refractivity contribution in [3.63, 3.8) is 0 Å². The third-order valence-corrected chi connectivity index (χ3v) is 17.3. The molecule has 3 unspecified atom stereocenters. The summed E-state index contributed by atoms with van der Waals surface area (Å²) in [4.78, 5) is 75.9. The van der Waals surface area contributed by atoms with E-state index in [0.717, 1.165) is 72.0 Å². The first-order valence-electron chi connectivity index (χ1n) is 26.7. The second kappa shape index (κ2) is 20.8. The molecule has 2 aromatic carbocycles. The number of hydrogen-bond acceptors (Lipinski definition) is 11. The predicted octanol–water partition coefficient (Wildman–Crippen LogP) is 10.5. The van der Waals surface area contributed by atoms with Gasteiger partial charge in [0.2, 0.25) is 18.0 Å². The summed E-state index contributed by atoms with van der Waals surface area (Å²) in [5, 5.41) is 6.50. The Kier molecular flexibility index (Phi) is 14.0. The monoisotopic (exact) mass is 1040 g/mol. The summed E-state index contributed by atoms with van der Waals surface area (Å²) in [6.07, 6.45) is 9.87. The number of fused-ring (bicyclic) bond motifs is 5. The Bertz CT molecular complexity index is 3110. The van der Waals surface area contributed by atoms with Crippen molar-refractivity contribution in [1.29, 1.82) is 0 Å². The van der Waals surface area contributed by atoms with Gasteiger partial charge in [0.25, 0.3) is 0 Å². The molecule has 19 heteroatoms. The van der Waals surface area contributed by atoms with Gasteiger partial charge >= 0.3 is 12.2 Å². The molecule has 0 radical (unpaired) electrons. The quantitative estimate of drug-likeness (QED) is 0.0814. The lowest BCUT2D eigenvalue weighted by Crippen LogP contribution is -2.54. The third-order valence-electron chi connectivity index (χ3n) is 16.0. The van der Waals surface area contributed by atoms with E-state index in [1.54, 1.807) is 28.6 Å². The van der Waals surface area contributed by atoms with Gasteiger partial charge in [-0.2, -0.15) is 0 Å². The largest absolute Gasteiger partial charge is 0.464 e. The number of ether oxygens (including phenoxy) is 4. The molecule has 0 spiro atoms. The number of amides is 4. The van der Waals surface area contributed by atoms with Gasteiger partial charge in [-0.25, -0.2) is 23.9 Å². The van der Waals surface area contributed by atoms with Crippen molar-refractivity contribution in [2.45, 2.75) is 140 Å². The van der Waals surface area contributed by atoms with E-state index in [9.17, 15) is 19.2 Å². The number of thiophene rings is 1. The molecule has 8 heterocycles. The maximum absolute atomic E-state index is 17.0. The Balaban J connectivity index is 0.888. The second-order valence-corrected chi connectivity index (χ2v) is 22.3. The van der Waals surface area contributed by atoms with Crippen LogP contribution in [0.5, 0.6) is 5.75 Å². The van der Waals surface area contributed by atoms with Crippen molar-refractivity contribution in [1.82, 2.24) is 44.9 Å². The maximum Gasteiger partial charge on any atom is 0.407 e. The van der Waals surface area contributed by atoms with Crippen LogP contribution in [0.4, 0.5) is 14.0 Å². The van der Waals surface area contributed by atoms with Crippen LogP contribution < -0.4 is 15.4 Å². The number of halogens is 1. The molecular weight excluding hydrogens is 978 g/mol. The van der Waals surface area contributed by atoms with Crippen molar-refractivity contribution in [2.75, 3.05) is 27.3 Å². The van der Waals surface area contributed by atoms with E-state index in [4.69, 9.17) is 28.9 Å². The van der Waals surface area contributed by atoms with Crippen molar-refractivity contribution >= 4 is 46.2 Å². The first-order valence-corrected chi connectivity index (χ1v) is 27.5. The molecule has 1 aliphatic carbocycles. The molecule has 4 aromatic heterocycles. The van der Waals surface area contributed by atoms with E-state index in [-0.39, 0.29) is 47.9 Å². The number of benzene rings is 2. The highest BCUT2D eigenvalue weighted by Crippen LogP contribution is 2.50. The van der Waals surface area contributed by atoms with Crippen LogP contribution in [0, 0.1) is 17.7 Å². The van der Waals surface area contributed by atoms with Gasteiger partial charge in [-0.1, -0.05) is 33.8 Å². The number of nitrogens with one attached hydrogen (secondary N) is 4. The summed E-state index contributed by atoms with van der Waals surface area (Å²) >= 11 is 1.73. The van der Waals surface area contributed by atoms with Crippen LogP contribution in [0.25, 0.3) is 44.7 Å². The zero-order valence-corrected chi connectivity index (χ0v) is 44.1. The molecule has 396 valence electrons. The summed E-state index contributed by atoms with van der Waals surface area (Å²) in [5.41, 5.74) is 4.70. The van der Waals surface area contributed by atoms with Gasteiger partial charge in [-0.3, -0.25) is 14.2 Å². The van der Waals surface area contributed by atoms with Gasteiger partial charge in [-0.05, 0) is 124 Å². The zero-order chi connectivity index (χ0) is 52.2. The van der Waals surface area contributed by atoms with E-state index >= 15 is 4.39 Å². The summed E-state index contributed by atoms with van der Waals surface area (Å²) < 4.78 is 42.2. The fourth-order valence-corrected chi connectivity index (χ4v) is 13.1. The summed E-state index contributed by atoms with van der Waals surface area (Å²) in [7, 11) is 2.59. The molecule has 0 bridgehead atoms. The van der Waals surface area contributed by atoms with Crippen LogP contribution >= 0.6 is 11.3 Å². The van der Waals surface area contributed by atoms with Gasteiger partial charge in [0, 0.05) is 34.5 Å². The Morgan fingerprint density at radius 1 is 0.787 bits per heavy atom. The molecule has 4 aliphatic heterocycles. The summed E-state index contributed by atoms with van der Waals surface area (Å²) in [6, 6.07) is 13.7. The fourth-order valence-electron chi connectivity index (χ4n) is 11.9. The highest BCUT2D eigenvalue weighted by Gasteiger charge is 2.44. The van der Waals surface area contributed by atoms with Crippen molar-refractivity contribution in [2.24, 2.45) is 11.8 Å². The van der Waals surface area contributed by atoms with Crippen LogP contribution in [-0.4, -0.2) is 110 Å². The van der Waals surface area contributed by atoms with E-state index in [1.165, 1.54) is 25.2 Å². The van der Waals surface area contributed by atoms with E-state index in [0.29, 0.717) is 78.2 Å². The summed E-state index contributed by atoms with van der Waals surface area (Å²) in [5.74, 6) is 1.11. The first kappa shape index (κ1) is 50.4. The number of imidazole rings is 2. The number of nitrogens with zero attached hydrogens (tertiary/aromatic N) is 5. The van der Waals surface area contributed by atoms with Gasteiger partial charge in [0.15, 0.2) is 0 Å². The van der Waals surface area contributed by atoms with Crippen molar-refractivity contribution < 1.29 is 42.5 Å². The fraction of sp³-hybridized carbons (Fsp3) is 0.500. The number of aromatic amines is 2. The van der Waals surface area contributed by atoms with E-state index in [1.807, 2.05) is 43.0 Å². The topological polar surface area (TPSA) is 198 Å². The van der Waals surface area contributed by atoms with Crippen LogP contribution in [0.3, 0.4) is 0 Å². The lowest BCUT2D eigenvalue weighted by Gasteiger charge is -2.39. The van der Waals surface area contributed by atoms with Crippen LogP contribution in [0.15, 0.2) is 60.9 Å². The maximum atomic E-state index is 17.0. The van der Waals surface area contributed by atoms with Gasteiger partial charge in [0.1, 0.15) is 35.3 Å². The number of H-pyrrole nitrogens is 2. The molecule has 4 amide bonds. The standard InChI is InChI=1S/C56H66FN9O8S/c1-7-35-22-34(23-36(8-2)73-35)49(63-56(70)72-6)53(68)65-20-10-12-42(65)50-58-27-38(60-50)31-15-16-40-33(21-31)25-43-47-37(57)24-32(26-44(47)74-54(66(40)43)46-18-17-45(75-46)30-13-14-30)39-28-59-51(61-39)41-11-9-19-64(41)52(67)48(29(3)4)62-55(69)71-5/h15-18,21,24-30,34-36,41-42,48-49,54H,7-14,19-20,22-23H2,1-6H3,(H,58,60)(H,59,61)(H,62,69)(H,63,70)/t34?,35-,36+,41-,42-,48-,49?,54?/m0/s1. The number of aromatic nitrogens is 5. The second-order valence-electron chi connectivity index (χ2n) is 21.1. The Morgan fingerprint density at radius 3 is 2.04 bits per heavy atom. The smallest absolute Gasteiger partial charge is 0.407 e. The highest BCUT2D eigenvalue weighted by atomic mass is 32.1. The number of rotatable bonds is 14. The van der Waals surface area contributed by atoms with Gasteiger partial charge in [-0.15, -0.1) is 11.3 Å². The number of hydrogen-bond donors (Lipinski definition) is 4. The van der Waals surface area contributed by atoms with Crippen LogP contribution in [0.2, 0.25) is 0 Å². The van der Waals surface area contributed by atoms with Crippen molar-refractivity contribution in [3.05, 3.63) is 88.1 Å². The molecule has 75 heavy (non-hydrogen) atoms. The molecule has 11 rings (SSSR count). The minimum atomic E-state index is -0.771. The first-order chi connectivity index (χ1) is 36.3. The molecule has 1 saturated carbocycles. The number of likely N-dealkylation sites (tertiary alicyclic amines) is 2. The number of carbonyl (C=O) groups is 4. The lowest BCUT2D eigenvalue weighted by molar-refractivity contribution is -0.139. The predicted molar refractivity (Wildman–Crippen MR) is 280 cm³/mol. The van der Waals surface area contributed by atoms with Gasteiger partial charge in [0.05, 0.1) is 83.9 Å². The minimum absolute atomic E-state index is 0.00622. The number of alkyl carbamates (subject to hydrolysis) is 2. The molecule has 17 nitrogen and oxygen atoms in total. The molecule has 6 aromatic rings. The molecule has 8 atom stereocenters. The lowest BCUT2D eigenvalue weighted by atomic mass is 9.83. The molecule has 3 saturated heterocycles. The Labute approximate surface area is 439 Å². The average Bonchev–Trinajstić information content (AvgIpc) is 4.16. The third kappa shape index (κ3) is 9.66. The van der Waals surface area contributed by atoms with Crippen LogP contribution in [0.1, 0.15) is 138 Å². The minimum Gasteiger partial charge on any atom is -0.464 e. The summed E-state index contributed by atoms with van der Waals surface area (Å²) in [6.45, 7) is 8.97. The molecule has 4 N–H and O–H groups in total. The SMILES string of the molecule is CC[C@@H]1CC(C(NC(=O)OC)C(=O)N2CCC[C@H]2c2ncc(-c3ccc4c(c3)cc3n4C(c4ccc(C5CC5)s4)Oc4cc(-c5cnc([C@@H]6CCCN6C(=O)[C@@H](NC(=O)OC)C(C)C)[nH]5)cc(F)c4-3)[nH]2)C[C@H](CC)O1. The Hall–Kier alpha value is -6.73. The highest BCUT2D eigenvalue weighted by molar-refractivity contribution is 7.12. The Morgan fingerprint density at radius 2 is 1.41 bits per heavy atom. The molecule has 5 aliphatic rings. The van der Waals surface area contributed by atoms with E-state index < -0.39 is 36.3 Å². The number of carbonyl (C=O) groups excluding carboxylic acids is 4.